The van der Waals surface area contributed by atoms with Crippen LogP contribution in [0.5, 0.6) is 0 Å². The highest BCUT2D eigenvalue weighted by Gasteiger charge is 2.35. The first-order chi connectivity index (χ1) is 17.8. The average molecular weight is 522 g/mol. The highest BCUT2D eigenvalue weighted by atomic mass is 15.2. The van der Waals surface area contributed by atoms with E-state index >= 15 is 0 Å². The average Bonchev–Trinajstić information content (AvgIpc) is 2.85. The van der Waals surface area contributed by atoms with Gasteiger partial charge in [0.05, 0.1) is 0 Å². The zero-order valence-corrected chi connectivity index (χ0v) is 27.5. The molecule has 0 aromatic heterocycles. The molecule has 224 valence electrons. The molecule has 0 aromatic rings. The van der Waals surface area contributed by atoms with Gasteiger partial charge in [0, 0.05) is 11.1 Å². The van der Waals surface area contributed by atoms with Gasteiger partial charge < -0.3 is 0 Å². The zero-order chi connectivity index (χ0) is 27.7. The van der Waals surface area contributed by atoms with Crippen molar-refractivity contribution in [2.24, 2.45) is 0 Å². The van der Waals surface area contributed by atoms with Crippen molar-refractivity contribution in [3.8, 4) is 0 Å². The van der Waals surface area contributed by atoms with Crippen LogP contribution in [-0.4, -0.2) is 22.5 Å². The Morgan fingerprint density at radius 2 is 0.541 bits per heavy atom. The highest BCUT2D eigenvalue weighted by molar-refractivity contribution is 4.91. The Labute approximate surface area is 237 Å². The van der Waals surface area contributed by atoms with Crippen molar-refractivity contribution in [1.29, 1.82) is 0 Å². The Morgan fingerprint density at radius 3 is 0.757 bits per heavy atom. The van der Waals surface area contributed by atoms with Crippen LogP contribution in [0.1, 0.15) is 215 Å². The van der Waals surface area contributed by atoms with Crippen LogP contribution in [0.25, 0.3) is 0 Å². The fourth-order valence-corrected chi connectivity index (χ4v) is 6.74. The SMILES string of the molecule is CCCCCCCCCCCCCCC(C)(C)N(CC)C(C)(C)CCCCCCCCCCCCCC. The topological polar surface area (TPSA) is 3.24 Å². The first kappa shape index (κ1) is 37.0. The summed E-state index contributed by atoms with van der Waals surface area (Å²) in [7, 11) is 0. The molecule has 0 aliphatic rings. The minimum Gasteiger partial charge on any atom is -0.293 e. The molecule has 0 unspecified atom stereocenters. The van der Waals surface area contributed by atoms with Gasteiger partial charge in [-0.05, 0) is 47.1 Å². The van der Waals surface area contributed by atoms with Crippen molar-refractivity contribution >= 4 is 0 Å². The van der Waals surface area contributed by atoms with E-state index in [1.165, 1.54) is 173 Å². The first-order valence-corrected chi connectivity index (χ1v) is 17.6. The Morgan fingerprint density at radius 1 is 0.324 bits per heavy atom. The molecule has 0 spiro atoms. The van der Waals surface area contributed by atoms with Crippen LogP contribution in [-0.2, 0) is 0 Å². The summed E-state index contributed by atoms with van der Waals surface area (Å²) >= 11 is 0. The molecule has 0 radical (unpaired) electrons. The summed E-state index contributed by atoms with van der Waals surface area (Å²) in [6.45, 7) is 18.2. The Hall–Kier alpha value is -0.0400. The maximum atomic E-state index is 2.83. The number of hydrogen-bond acceptors (Lipinski definition) is 1. The van der Waals surface area contributed by atoms with Crippen LogP contribution in [0, 0.1) is 0 Å². The maximum Gasteiger partial charge on any atom is 0.0158 e. The van der Waals surface area contributed by atoms with Crippen LogP contribution in [0.3, 0.4) is 0 Å². The summed E-state index contributed by atoms with van der Waals surface area (Å²) in [5.41, 5.74) is 0.627. The number of unbranched alkanes of at least 4 members (excludes halogenated alkanes) is 22. The van der Waals surface area contributed by atoms with E-state index in [9.17, 15) is 0 Å². The Kier molecular flexibility index (Phi) is 24.9. The van der Waals surface area contributed by atoms with Crippen molar-refractivity contribution < 1.29 is 0 Å². The van der Waals surface area contributed by atoms with Gasteiger partial charge in [0.2, 0.25) is 0 Å². The second-order valence-electron chi connectivity index (χ2n) is 13.6. The predicted octanol–water partition coefficient (Wildman–Crippen LogP) is 13.0. The van der Waals surface area contributed by atoms with Crippen LogP contribution >= 0.6 is 0 Å². The molecule has 1 heteroatoms. The highest BCUT2D eigenvalue weighted by Crippen LogP contribution is 2.33. The molecule has 0 saturated carbocycles. The summed E-state index contributed by atoms with van der Waals surface area (Å²) < 4.78 is 0. The molecule has 0 aliphatic carbocycles. The van der Waals surface area contributed by atoms with E-state index in [-0.39, 0.29) is 0 Å². The van der Waals surface area contributed by atoms with Gasteiger partial charge in [0.25, 0.3) is 0 Å². The first-order valence-electron chi connectivity index (χ1n) is 17.6. The lowest BCUT2D eigenvalue weighted by atomic mass is 9.85. The molecule has 0 atom stereocenters. The van der Waals surface area contributed by atoms with Gasteiger partial charge in [-0.3, -0.25) is 4.90 Å². The van der Waals surface area contributed by atoms with Crippen LogP contribution in [0.4, 0.5) is 0 Å². The second-order valence-corrected chi connectivity index (χ2v) is 13.6. The van der Waals surface area contributed by atoms with Gasteiger partial charge in [-0.15, -0.1) is 0 Å². The van der Waals surface area contributed by atoms with Crippen molar-refractivity contribution in [1.82, 2.24) is 4.90 Å². The second kappa shape index (κ2) is 25.0. The van der Waals surface area contributed by atoms with E-state index in [4.69, 9.17) is 0 Å². The Bertz CT molecular complexity index is 412. The van der Waals surface area contributed by atoms with Crippen LogP contribution in [0.15, 0.2) is 0 Å². The predicted molar refractivity (Wildman–Crippen MR) is 172 cm³/mol. The largest absolute Gasteiger partial charge is 0.293 e. The fourth-order valence-electron chi connectivity index (χ4n) is 6.74. The minimum absolute atomic E-state index is 0.313. The lowest BCUT2D eigenvalue weighted by Gasteiger charge is -2.49. The summed E-state index contributed by atoms with van der Waals surface area (Å²) in [6.07, 6.45) is 37.3. The standard InChI is InChI=1S/C36H75N/c1-8-11-13-15-17-19-21-23-25-27-29-31-33-35(4,5)37(10-3)36(6,7)34-32-30-28-26-24-22-20-18-16-14-12-9-2/h8-34H2,1-7H3. The molecule has 0 aromatic carbocycles. The number of rotatable bonds is 29. The zero-order valence-electron chi connectivity index (χ0n) is 27.5. The van der Waals surface area contributed by atoms with Crippen molar-refractivity contribution in [3.05, 3.63) is 0 Å². The third kappa shape index (κ3) is 21.5. The van der Waals surface area contributed by atoms with E-state index in [0.717, 1.165) is 0 Å². The van der Waals surface area contributed by atoms with E-state index in [0.29, 0.717) is 11.1 Å². The van der Waals surface area contributed by atoms with Gasteiger partial charge in [0.15, 0.2) is 0 Å². The molecule has 0 N–H and O–H groups in total. The third-order valence-corrected chi connectivity index (χ3v) is 9.06. The summed E-state index contributed by atoms with van der Waals surface area (Å²) in [6, 6.07) is 0. The van der Waals surface area contributed by atoms with Crippen molar-refractivity contribution in [2.45, 2.75) is 226 Å². The molecule has 0 rings (SSSR count). The number of nitrogens with zero attached hydrogens (tertiary/aromatic N) is 1. The molecule has 0 bridgehead atoms. The lowest BCUT2D eigenvalue weighted by Crippen LogP contribution is -2.55. The van der Waals surface area contributed by atoms with Gasteiger partial charge in [-0.25, -0.2) is 0 Å². The monoisotopic (exact) mass is 522 g/mol. The third-order valence-electron chi connectivity index (χ3n) is 9.06. The summed E-state index contributed by atoms with van der Waals surface area (Å²) in [5, 5.41) is 0. The quantitative estimate of drug-likeness (QED) is 0.0884. The molecule has 0 heterocycles. The van der Waals surface area contributed by atoms with E-state index in [1.54, 1.807) is 0 Å². The lowest BCUT2D eigenvalue weighted by molar-refractivity contribution is 0.00815. The van der Waals surface area contributed by atoms with Crippen molar-refractivity contribution in [2.75, 3.05) is 6.54 Å². The minimum atomic E-state index is 0.313. The fraction of sp³-hybridized carbons (Fsp3) is 1.00. The molecule has 0 fully saturated rings. The van der Waals surface area contributed by atoms with Gasteiger partial charge in [0.1, 0.15) is 0 Å². The smallest absolute Gasteiger partial charge is 0.0158 e. The molecule has 0 aliphatic heterocycles. The molecule has 0 saturated heterocycles. The molecular weight excluding hydrogens is 446 g/mol. The van der Waals surface area contributed by atoms with E-state index < -0.39 is 0 Å². The van der Waals surface area contributed by atoms with Crippen molar-refractivity contribution in [3.63, 3.8) is 0 Å². The van der Waals surface area contributed by atoms with E-state index in [2.05, 4.69) is 53.4 Å². The van der Waals surface area contributed by atoms with E-state index in [1.807, 2.05) is 0 Å². The number of hydrogen-bond donors (Lipinski definition) is 0. The van der Waals surface area contributed by atoms with Crippen LogP contribution in [0.2, 0.25) is 0 Å². The Balaban J connectivity index is 3.91. The molecule has 37 heavy (non-hydrogen) atoms. The van der Waals surface area contributed by atoms with Gasteiger partial charge in [-0.2, -0.15) is 0 Å². The van der Waals surface area contributed by atoms with Gasteiger partial charge in [-0.1, -0.05) is 175 Å². The molecule has 0 amide bonds. The summed E-state index contributed by atoms with van der Waals surface area (Å²) in [4.78, 5) is 2.83. The van der Waals surface area contributed by atoms with Gasteiger partial charge >= 0.3 is 0 Å². The normalized spacial score (nSPS) is 12.6. The molecule has 1 nitrogen and oxygen atoms in total. The van der Waals surface area contributed by atoms with Crippen LogP contribution < -0.4 is 0 Å². The summed E-state index contributed by atoms with van der Waals surface area (Å²) in [5.74, 6) is 0. The maximum absolute atomic E-state index is 2.83. The molecular formula is C36H75N.